The zero-order chi connectivity index (χ0) is 20.4. The third kappa shape index (κ3) is 3.98. The molecule has 1 aliphatic carbocycles. The van der Waals surface area contributed by atoms with Gasteiger partial charge in [-0.2, -0.15) is 0 Å². The summed E-state index contributed by atoms with van der Waals surface area (Å²) in [6, 6.07) is 5.31. The predicted octanol–water partition coefficient (Wildman–Crippen LogP) is 3.86. The summed E-state index contributed by atoms with van der Waals surface area (Å²) in [5, 5.41) is 23.3. The van der Waals surface area contributed by atoms with Gasteiger partial charge in [0.25, 0.3) is 0 Å². The van der Waals surface area contributed by atoms with Crippen molar-refractivity contribution in [3.8, 4) is 0 Å². The van der Waals surface area contributed by atoms with Gasteiger partial charge in [-0.25, -0.2) is 0 Å². The normalized spacial score (nSPS) is 19.4. The van der Waals surface area contributed by atoms with E-state index in [1.54, 1.807) is 0 Å². The van der Waals surface area contributed by atoms with Gasteiger partial charge in [-0.3, -0.25) is 4.79 Å². The summed E-state index contributed by atoms with van der Waals surface area (Å²) in [5.41, 5.74) is 1.53. The number of rotatable bonds is 7. The maximum Gasteiger partial charge on any atom is 0.225 e. The molecule has 1 aromatic heterocycles. The minimum Gasteiger partial charge on any atom is -0.394 e. The maximum absolute atomic E-state index is 13.0. The van der Waals surface area contributed by atoms with E-state index in [0.717, 1.165) is 15.4 Å². The number of halogens is 1. The van der Waals surface area contributed by atoms with E-state index in [1.807, 2.05) is 29.0 Å². The zero-order valence-corrected chi connectivity index (χ0v) is 18.2. The second-order valence-electron chi connectivity index (χ2n) is 8.52. The Kier molecular flexibility index (Phi) is 6.30. The van der Waals surface area contributed by atoms with Crippen LogP contribution in [0.5, 0.6) is 0 Å². The highest BCUT2D eigenvalue weighted by Gasteiger charge is 2.47. The highest BCUT2D eigenvalue weighted by molar-refractivity contribution is 9.10. The van der Waals surface area contributed by atoms with Crippen molar-refractivity contribution in [1.82, 2.24) is 4.57 Å². The van der Waals surface area contributed by atoms with E-state index in [2.05, 4.69) is 21.2 Å². The molecule has 1 amide bonds. The van der Waals surface area contributed by atoms with Crippen molar-refractivity contribution in [2.75, 3.05) is 31.7 Å². The van der Waals surface area contributed by atoms with Crippen molar-refractivity contribution in [3.05, 3.63) is 28.9 Å². The van der Waals surface area contributed by atoms with E-state index in [1.165, 1.54) is 32.1 Å². The van der Waals surface area contributed by atoms with Gasteiger partial charge < -0.3 is 24.8 Å². The van der Waals surface area contributed by atoms with Crippen LogP contribution in [0, 0.1) is 11.3 Å². The molecule has 1 saturated carbocycles. The van der Waals surface area contributed by atoms with Gasteiger partial charge in [-0.15, -0.1) is 0 Å². The Labute approximate surface area is 179 Å². The molecule has 2 fully saturated rings. The van der Waals surface area contributed by atoms with Crippen LogP contribution >= 0.6 is 15.9 Å². The number of nitrogens with zero attached hydrogens (tertiary/aromatic N) is 1. The summed E-state index contributed by atoms with van der Waals surface area (Å²) in [5.74, 6) is 0.565. The van der Waals surface area contributed by atoms with Gasteiger partial charge in [0.15, 0.2) is 0 Å². The van der Waals surface area contributed by atoms with Crippen LogP contribution in [0.3, 0.4) is 0 Å². The smallest absolute Gasteiger partial charge is 0.225 e. The Morgan fingerprint density at radius 2 is 1.97 bits per heavy atom. The molecule has 1 saturated heterocycles. The fourth-order valence-electron chi connectivity index (χ4n) is 4.97. The second-order valence-corrected chi connectivity index (χ2v) is 9.37. The van der Waals surface area contributed by atoms with Crippen LogP contribution < -0.4 is 5.32 Å². The van der Waals surface area contributed by atoms with Crippen LogP contribution in [0.2, 0.25) is 0 Å². The van der Waals surface area contributed by atoms with Crippen molar-refractivity contribution >= 4 is 38.4 Å². The molecule has 0 bridgehead atoms. The Morgan fingerprint density at radius 1 is 1.24 bits per heavy atom. The SMILES string of the molecule is O=C(CC1(C2CCCCC2)COC1)Nc1cn(C(CO)CO)c2cccc(Br)c12. The summed E-state index contributed by atoms with van der Waals surface area (Å²) >= 11 is 3.58. The first-order valence-electron chi connectivity index (χ1n) is 10.5. The molecule has 3 N–H and O–H groups in total. The summed E-state index contributed by atoms with van der Waals surface area (Å²) < 4.78 is 8.25. The van der Waals surface area contributed by atoms with Gasteiger partial charge in [0.1, 0.15) is 0 Å². The van der Waals surface area contributed by atoms with Crippen molar-refractivity contribution in [1.29, 1.82) is 0 Å². The number of amides is 1. The maximum atomic E-state index is 13.0. The van der Waals surface area contributed by atoms with E-state index >= 15 is 0 Å². The number of aliphatic hydroxyl groups is 2. The van der Waals surface area contributed by atoms with Gasteiger partial charge in [0.05, 0.1) is 43.7 Å². The molecular weight excluding hydrogens is 436 g/mol. The number of ether oxygens (including phenoxy) is 1. The third-order valence-corrected chi connectivity index (χ3v) is 7.32. The molecule has 0 spiro atoms. The third-order valence-electron chi connectivity index (χ3n) is 6.66. The van der Waals surface area contributed by atoms with E-state index in [9.17, 15) is 15.0 Å². The number of hydrogen-bond donors (Lipinski definition) is 3. The molecule has 4 rings (SSSR count). The first-order chi connectivity index (χ1) is 14.1. The Balaban J connectivity index is 1.58. The highest BCUT2D eigenvalue weighted by Crippen LogP contribution is 2.46. The molecule has 1 aromatic carbocycles. The lowest BCUT2D eigenvalue weighted by Gasteiger charge is -2.48. The molecule has 0 unspecified atom stereocenters. The van der Waals surface area contributed by atoms with Crippen LogP contribution in [0.15, 0.2) is 28.9 Å². The lowest BCUT2D eigenvalue weighted by molar-refractivity contribution is -0.163. The van der Waals surface area contributed by atoms with Crippen molar-refractivity contribution in [2.45, 2.75) is 44.6 Å². The number of benzene rings is 1. The monoisotopic (exact) mass is 464 g/mol. The van der Waals surface area contributed by atoms with Gasteiger partial charge in [-0.1, -0.05) is 41.3 Å². The van der Waals surface area contributed by atoms with Gasteiger partial charge in [0.2, 0.25) is 5.91 Å². The van der Waals surface area contributed by atoms with Crippen molar-refractivity contribution in [2.24, 2.45) is 11.3 Å². The van der Waals surface area contributed by atoms with E-state index < -0.39 is 6.04 Å². The van der Waals surface area contributed by atoms with Crippen molar-refractivity contribution < 1.29 is 19.7 Å². The average molecular weight is 465 g/mol. The first-order valence-corrected chi connectivity index (χ1v) is 11.3. The molecule has 1 aliphatic heterocycles. The molecular formula is C22H29BrN2O4. The Hall–Kier alpha value is -1.41. The lowest BCUT2D eigenvalue weighted by Crippen LogP contribution is -2.51. The number of hydrogen-bond acceptors (Lipinski definition) is 4. The van der Waals surface area contributed by atoms with Crippen LogP contribution in [0.1, 0.15) is 44.6 Å². The quantitative estimate of drug-likeness (QED) is 0.580. The number of fused-ring (bicyclic) bond motifs is 1. The molecule has 158 valence electrons. The van der Waals surface area contributed by atoms with Gasteiger partial charge in [-0.05, 0) is 30.9 Å². The molecule has 29 heavy (non-hydrogen) atoms. The number of carbonyl (C=O) groups excluding carboxylic acids is 1. The molecule has 7 heteroatoms. The molecule has 2 heterocycles. The standard InChI is InChI=1S/C22H29BrN2O4/c23-17-7-4-8-19-21(17)18(10-25(19)16(11-26)12-27)24-20(28)9-22(13-29-14-22)15-5-2-1-3-6-15/h4,7-8,10,15-16,26-27H,1-3,5-6,9,11-14H2,(H,24,28). The fraction of sp³-hybridized carbons (Fsp3) is 0.591. The molecule has 2 aromatic rings. The minimum absolute atomic E-state index is 0.00164. The van der Waals surface area contributed by atoms with E-state index in [4.69, 9.17) is 4.74 Å². The predicted molar refractivity (Wildman–Crippen MR) is 116 cm³/mol. The van der Waals surface area contributed by atoms with Gasteiger partial charge in [0, 0.05) is 27.9 Å². The highest BCUT2D eigenvalue weighted by atomic mass is 79.9. The number of aromatic nitrogens is 1. The first kappa shape index (κ1) is 20.8. The average Bonchev–Trinajstić information content (AvgIpc) is 3.06. The Bertz CT molecular complexity index is 867. The molecule has 6 nitrogen and oxygen atoms in total. The van der Waals surface area contributed by atoms with Crippen LogP contribution in [0.4, 0.5) is 5.69 Å². The Morgan fingerprint density at radius 3 is 2.59 bits per heavy atom. The summed E-state index contributed by atoms with van der Waals surface area (Å²) in [4.78, 5) is 13.0. The van der Waals surface area contributed by atoms with Gasteiger partial charge >= 0.3 is 0 Å². The molecule has 0 atom stereocenters. The topological polar surface area (TPSA) is 83.7 Å². The number of anilines is 1. The van der Waals surface area contributed by atoms with E-state index in [0.29, 0.717) is 31.2 Å². The summed E-state index contributed by atoms with van der Waals surface area (Å²) in [6.45, 7) is 0.992. The second kappa shape index (κ2) is 8.76. The molecule has 0 radical (unpaired) electrons. The zero-order valence-electron chi connectivity index (χ0n) is 16.6. The minimum atomic E-state index is -0.453. The van der Waals surface area contributed by atoms with Crippen LogP contribution in [-0.4, -0.2) is 47.1 Å². The lowest BCUT2D eigenvalue weighted by atomic mass is 9.65. The van der Waals surface area contributed by atoms with Crippen LogP contribution in [0.25, 0.3) is 10.9 Å². The van der Waals surface area contributed by atoms with E-state index in [-0.39, 0.29) is 24.5 Å². The number of carbonyl (C=O) groups is 1. The number of nitrogens with one attached hydrogen (secondary N) is 1. The van der Waals surface area contributed by atoms with Crippen molar-refractivity contribution in [3.63, 3.8) is 0 Å². The molecule has 2 aliphatic rings. The summed E-state index contributed by atoms with van der Waals surface area (Å²) in [7, 11) is 0. The number of aliphatic hydroxyl groups excluding tert-OH is 2. The largest absolute Gasteiger partial charge is 0.394 e. The van der Waals surface area contributed by atoms with Crippen LogP contribution in [-0.2, 0) is 9.53 Å². The summed E-state index contributed by atoms with van der Waals surface area (Å²) in [6.07, 6.45) is 8.46. The fourth-order valence-corrected chi connectivity index (χ4v) is 5.54.